The fourth-order valence-corrected chi connectivity index (χ4v) is 2.75. The monoisotopic (exact) mass is 239 g/mol. The molecule has 0 spiro atoms. The third-order valence-electron chi connectivity index (χ3n) is 4.12. The quantitative estimate of drug-likeness (QED) is 0.726. The summed E-state index contributed by atoms with van der Waals surface area (Å²) >= 11 is 0. The third kappa shape index (κ3) is 1.83. The van der Waals surface area contributed by atoms with Crippen LogP contribution in [0.4, 0.5) is 0 Å². The van der Waals surface area contributed by atoms with E-state index in [9.17, 15) is 14.4 Å². The van der Waals surface area contributed by atoms with Crippen molar-refractivity contribution in [2.45, 2.75) is 39.2 Å². The van der Waals surface area contributed by atoms with Gasteiger partial charge in [0, 0.05) is 17.9 Å². The molecule has 4 atom stereocenters. The number of hydrogen-bond donors (Lipinski definition) is 1. The Labute approximate surface area is 99.8 Å². The highest BCUT2D eigenvalue weighted by molar-refractivity contribution is 6.05. The van der Waals surface area contributed by atoms with Gasteiger partial charge in [0.1, 0.15) is 0 Å². The molecule has 1 aliphatic carbocycles. The van der Waals surface area contributed by atoms with Gasteiger partial charge in [0.25, 0.3) is 0 Å². The average molecular weight is 239 g/mol. The van der Waals surface area contributed by atoms with E-state index in [0.717, 1.165) is 0 Å². The normalized spacial score (nSPS) is 37.9. The number of likely N-dealkylation sites (tertiary alicyclic amines) is 1. The van der Waals surface area contributed by atoms with Crippen LogP contribution in [0.25, 0.3) is 0 Å². The number of carbonyl (C=O) groups excluding carboxylic acids is 2. The molecule has 2 fully saturated rings. The van der Waals surface area contributed by atoms with Crippen molar-refractivity contribution >= 4 is 17.8 Å². The smallest absolute Gasteiger partial charge is 0.306 e. The molecule has 1 saturated carbocycles. The molecule has 1 N–H and O–H groups in total. The average Bonchev–Trinajstić information content (AvgIpc) is 2.81. The lowest BCUT2D eigenvalue weighted by atomic mass is 10.00. The number of carbonyl (C=O) groups is 3. The zero-order chi connectivity index (χ0) is 12.7. The Morgan fingerprint density at radius 2 is 1.71 bits per heavy atom. The molecule has 1 heterocycles. The first-order valence-electron chi connectivity index (χ1n) is 6.03. The van der Waals surface area contributed by atoms with E-state index in [2.05, 4.69) is 0 Å². The maximum atomic E-state index is 11.9. The molecule has 2 rings (SSSR count). The van der Waals surface area contributed by atoms with Crippen LogP contribution in [0.5, 0.6) is 0 Å². The highest BCUT2D eigenvalue weighted by Gasteiger charge is 2.47. The minimum atomic E-state index is -0.826. The summed E-state index contributed by atoms with van der Waals surface area (Å²) in [7, 11) is 0. The fraction of sp³-hybridized carbons (Fsp3) is 0.750. The van der Waals surface area contributed by atoms with Crippen LogP contribution in [0.3, 0.4) is 0 Å². The van der Waals surface area contributed by atoms with E-state index in [0.29, 0.717) is 19.3 Å². The molecule has 5 heteroatoms. The molecule has 2 aliphatic rings. The molecule has 2 unspecified atom stereocenters. The Morgan fingerprint density at radius 3 is 2.12 bits per heavy atom. The molecular weight excluding hydrogens is 222 g/mol. The molecule has 2 amide bonds. The van der Waals surface area contributed by atoms with Crippen LogP contribution < -0.4 is 0 Å². The van der Waals surface area contributed by atoms with Crippen molar-refractivity contribution < 1.29 is 19.5 Å². The number of imide groups is 1. The van der Waals surface area contributed by atoms with Crippen molar-refractivity contribution in [3.8, 4) is 0 Å². The number of rotatable bonds is 2. The van der Waals surface area contributed by atoms with Gasteiger partial charge in [-0.25, -0.2) is 0 Å². The number of aliphatic carboxylic acids is 1. The highest BCUT2D eigenvalue weighted by Crippen LogP contribution is 2.35. The first kappa shape index (κ1) is 12.1. The Hall–Kier alpha value is -1.39. The van der Waals surface area contributed by atoms with E-state index in [4.69, 9.17) is 5.11 Å². The van der Waals surface area contributed by atoms with Gasteiger partial charge in [0.15, 0.2) is 0 Å². The molecule has 5 nitrogen and oxygen atoms in total. The molecule has 0 aromatic heterocycles. The van der Waals surface area contributed by atoms with Crippen LogP contribution in [0.2, 0.25) is 0 Å². The number of nitrogens with zero attached hydrogens (tertiary/aromatic N) is 1. The van der Waals surface area contributed by atoms with Crippen LogP contribution in [-0.4, -0.2) is 33.8 Å². The van der Waals surface area contributed by atoms with Crippen molar-refractivity contribution in [1.29, 1.82) is 0 Å². The van der Waals surface area contributed by atoms with Gasteiger partial charge in [0.05, 0.1) is 5.92 Å². The second kappa shape index (κ2) is 4.13. The maximum Gasteiger partial charge on any atom is 0.306 e. The van der Waals surface area contributed by atoms with E-state index < -0.39 is 11.9 Å². The molecule has 1 saturated heterocycles. The van der Waals surface area contributed by atoms with Gasteiger partial charge in [-0.15, -0.1) is 0 Å². The van der Waals surface area contributed by atoms with Crippen LogP contribution in [0, 0.1) is 17.8 Å². The predicted molar refractivity (Wildman–Crippen MR) is 58.9 cm³/mol. The van der Waals surface area contributed by atoms with Crippen LogP contribution in [0.15, 0.2) is 0 Å². The zero-order valence-electron chi connectivity index (χ0n) is 10.0. The topological polar surface area (TPSA) is 74.7 Å². The largest absolute Gasteiger partial charge is 0.481 e. The Balaban J connectivity index is 2.12. The standard InChI is InChI=1S/C12H17NO4/c1-6-7(2)11(15)13(10(6)14)9-4-3-8(5-9)12(16)17/h6-9H,3-5H2,1-2H3,(H,16,17)/t6?,7?,8-,9+/m1/s1. The van der Waals surface area contributed by atoms with Crippen molar-refractivity contribution in [2.24, 2.45) is 17.8 Å². The van der Waals surface area contributed by atoms with Gasteiger partial charge in [-0.3, -0.25) is 19.3 Å². The van der Waals surface area contributed by atoms with Gasteiger partial charge >= 0.3 is 5.97 Å². The van der Waals surface area contributed by atoms with E-state index in [-0.39, 0.29) is 29.7 Å². The molecular formula is C12H17NO4. The second-order valence-corrected chi connectivity index (χ2v) is 5.13. The first-order valence-corrected chi connectivity index (χ1v) is 6.03. The van der Waals surface area contributed by atoms with E-state index in [1.165, 1.54) is 4.90 Å². The molecule has 0 bridgehead atoms. The van der Waals surface area contributed by atoms with Crippen LogP contribution in [0.1, 0.15) is 33.1 Å². The lowest BCUT2D eigenvalue weighted by Gasteiger charge is -2.22. The lowest BCUT2D eigenvalue weighted by molar-refractivity contribution is -0.145. The minimum absolute atomic E-state index is 0.140. The number of amides is 2. The first-order chi connectivity index (χ1) is 7.93. The highest BCUT2D eigenvalue weighted by atomic mass is 16.4. The molecule has 0 aromatic rings. The minimum Gasteiger partial charge on any atom is -0.481 e. The van der Waals surface area contributed by atoms with Gasteiger partial charge in [-0.2, -0.15) is 0 Å². The zero-order valence-corrected chi connectivity index (χ0v) is 10.0. The van der Waals surface area contributed by atoms with Gasteiger partial charge in [0.2, 0.25) is 11.8 Å². The second-order valence-electron chi connectivity index (χ2n) is 5.13. The van der Waals surface area contributed by atoms with Crippen molar-refractivity contribution in [3.05, 3.63) is 0 Å². The predicted octanol–water partition coefficient (Wildman–Crippen LogP) is 0.881. The molecule has 94 valence electrons. The van der Waals surface area contributed by atoms with Crippen molar-refractivity contribution in [3.63, 3.8) is 0 Å². The van der Waals surface area contributed by atoms with Crippen molar-refractivity contribution in [1.82, 2.24) is 4.90 Å². The van der Waals surface area contributed by atoms with E-state index in [1.807, 2.05) is 0 Å². The summed E-state index contributed by atoms with van der Waals surface area (Å²) in [5.41, 5.74) is 0. The van der Waals surface area contributed by atoms with Gasteiger partial charge < -0.3 is 5.11 Å². The van der Waals surface area contributed by atoms with Crippen molar-refractivity contribution in [2.75, 3.05) is 0 Å². The van der Waals surface area contributed by atoms with Gasteiger partial charge in [-0.05, 0) is 19.3 Å². The molecule has 1 aliphatic heterocycles. The summed E-state index contributed by atoms with van der Waals surface area (Å²) < 4.78 is 0. The SMILES string of the molecule is CC1C(=O)N([C@H]2CC[C@@H](C(=O)O)C2)C(=O)C1C. The van der Waals surface area contributed by atoms with Crippen LogP contribution >= 0.6 is 0 Å². The summed E-state index contributed by atoms with van der Waals surface area (Å²) in [4.78, 5) is 36.1. The Bertz CT molecular complexity index is 359. The lowest BCUT2D eigenvalue weighted by Crippen LogP contribution is -2.39. The number of carboxylic acid groups (broad SMARTS) is 1. The molecule has 17 heavy (non-hydrogen) atoms. The summed E-state index contributed by atoms with van der Waals surface area (Å²) in [5, 5.41) is 8.92. The van der Waals surface area contributed by atoms with E-state index in [1.54, 1.807) is 13.8 Å². The summed E-state index contributed by atoms with van der Waals surface area (Å²) in [6.07, 6.45) is 1.58. The maximum absolute atomic E-state index is 11.9. The van der Waals surface area contributed by atoms with E-state index >= 15 is 0 Å². The summed E-state index contributed by atoms with van der Waals surface area (Å²) in [5.74, 6) is -2.06. The van der Waals surface area contributed by atoms with Gasteiger partial charge in [-0.1, -0.05) is 13.8 Å². The Kier molecular flexibility index (Phi) is 2.93. The number of hydrogen-bond acceptors (Lipinski definition) is 3. The fourth-order valence-electron chi connectivity index (χ4n) is 2.75. The van der Waals surface area contributed by atoms with Crippen LogP contribution in [-0.2, 0) is 14.4 Å². The summed E-state index contributed by atoms with van der Waals surface area (Å²) in [6.45, 7) is 3.52. The third-order valence-corrected chi connectivity index (χ3v) is 4.12. The Morgan fingerprint density at radius 1 is 1.18 bits per heavy atom. The molecule has 0 aromatic carbocycles. The summed E-state index contributed by atoms with van der Waals surface area (Å²) in [6, 6.07) is -0.205. The number of carboxylic acids is 1. The molecule has 0 radical (unpaired) electrons.